The van der Waals surface area contributed by atoms with Gasteiger partial charge in [0.1, 0.15) is 11.4 Å². The Hall–Kier alpha value is -2.18. The highest BCUT2D eigenvalue weighted by Crippen LogP contribution is 2.20. The van der Waals surface area contributed by atoms with Gasteiger partial charge in [0.2, 0.25) is 0 Å². The van der Waals surface area contributed by atoms with Crippen LogP contribution < -0.4 is 5.56 Å². The molecule has 1 atom stereocenters. The number of aryl methyl sites for hydroxylation is 1. The molecule has 0 aliphatic carbocycles. The summed E-state index contributed by atoms with van der Waals surface area (Å²) in [6.45, 7) is 8.00. The number of hydrogen-bond acceptors (Lipinski definition) is 4. The number of rotatable bonds is 2. The number of aromatic amines is 1. The summed E-state index contributed by atoms with van der Waals surface area (Å²) in [6, 6.07) is 0. The van der Waals surface area contributed by atoms with Crippen LogP contribution in [0.5, 0.6) is 0 Å². The normalized spacial score (nSPS) is 18.8. The van der Waals surface area contributed by atoms with E-state index in [2.05, 4.69) is 9.97 Å². The first-order chi connectivity index (χ1) is 10.6. The van der Waals surface area contributed by atoms with E-state index >= 15 is 0 Å². The van der Waals surface area contributed by atoms with Gasteiger partial charge in [-0.25, -0.2) is 4.98 Å². The average molecular weight is 321 g/mol. The molecule has 1 aromatic rings. The lowest BCUT2D eigenvalue weighted by atomic mass is 9.95. The summed E-state index contributed by atoms with van der Waals surface area (Å²) >= 11 is 0. The van der Waals surface area contributed by atoms with Crippen molar-refractivity contribution in [2.24, 2.45) is 5.92 Å². The number of aliphatic carboxylic acids is 1. The number of hydrogen-bond donors (Lipinski definition) is 2. The van der Waals surface area contributed by atoms with Crippen molar-refractivity contribution in [3.8, 4) is 0 Å². The number of carbonyl (C=O) groups is 2. The van der Waals surface area contributed by atoms with Gasteiger partial charge in [-0.1, -0.05) is 20.8 Å². The molecular formula is C16H23N3O4. The summed E-state index contributed by atoms with van der Waals surface area (Å²) < 4.78 is 0. The maximum atomic E-state index is 12.6. The van der Waals surface area contributed by atoms with E-state index < -0.39 is 23.4 Å². The molecule has 1 saturated heterocycles. The van der Waals surface area contributed by atoms with Crippen LogP contribution >= 0.6 is 0 Å². The first-order valence-electron chi connectivity index (χ1n) is 7.74. The number of carboxylic acids is 1. The van der Waals surface area contributed by atoms with Crippen LogP contribution in [0.2, 0.25) is 0 Å². The summed E-state index contributed by atoms with van der Waals surface area (Å²) in [5.41, 5.74) is -0.416. The summed E-state index contributed by atoms with van der Waals surface area (Å²) in [5.74, 6) is -1.40. The highest BCUT2D eigenvalue weighted by molar-refractivity contribution is 5.95. The molecule has 1 unspecified atom stereocenters. The molecule has 1 aromatic heterocycles. The third-order valence-electron chi connectivity index (χ3n) is 4.08. The molecule has 0 spiro atoms. The minimum atomic E-state index is -0.908. The molecule has 0 aromatic carbocycles. The van der Waals surface area contributed by atoms with Crippen molar-refractivity contribution in [2.75, 3.05) is 13.1 Å². The van der Waals surface area contributed by atoms with Crippen molar-refractivity contribution < 1.29 is 14.7 Å². The minimum Gasteiger partial charge on any atom is -0.481 e. The molecule has 1 fully saturated rings. The van der Waals surface area contributed by atoms with Gasteiger partial charge in [-0.05, 0) is 19.8 Å². The van der Waals surface area contributed by atoms with Gasteiger partial charge in [-0.3, -0.25) is 14.4 Å². The Morgan fingerprint density at radius 1 is 1.35 bits per heavy atom. The molecule has 2 N–H and O–H groups in total. The molecule has 126 valence electrons. The molecule has 1 aliphatic heterocycles. The van der Waals surface area contributed by atoms with E-state index in [0.29, 0.717) is 30.9 Å². The second-order valence-electron chi connectivity index (χ2n) is 7.05. The predicted molar refractivity (Wildman–Crippen MR) is 84.6 cm³/mol. The molecule has 1 amide bonds. The zero-order valence-electron chi connectivity index (χ0n) is 14.0. The van der Waals surface area contributed by atoms with E-state index in [1.54, 1.807) is 6.92 Å². The number of aromatic nitrogens is 2. The molecule has 0 radical (unpaired) electrons. The molecule has 0 saturated carbocycles. The smallest absolute Gasteiger partial charge is 0.308 e. The highest BCUT2D eigenvalue weighted by Gasteiger charge is 2.31. The lowest BCUT2D eigenvalue weighted by molar-refractivity contribution is -0.143. The fourth-order valence-electron chi connectivity index (χ4n) is 2.71. The number of piperidine rings is 1. The van der Waals surface area contributed by atoms with Gasteiger partial charge < -0.3 is 15.0 Å². The molecule has 1 aliphatic rings. The number of carboxylic acid groups (broad SMARTS) is 1. The van der Waals surface area contributed by atoms with Crippen molar-refractivity contribution in [1.82, 2.24) is 14.9 Å². The lowest BCUT2D eigenvalue weighted by Crippen LogP contribution is -2.44. The zero-order valence-corrected chi connectivity index (χ0v) is 14.0. The van der Waals surface area contributed by atoms with Gasteiger partial charge in [-0.2, -0.15) is 0 Å². The van der Waals surface area contributed by atoms with E-state index in [0.717, 1.165) is 0 Å². The van der Waals surface area contributed by atoms with Crippen molar-refractivity contribution in [2.45, 2.75) is 46.0 Å². The third-order valence-corrected chi connectivity index (χ3v) is 4.08. The van der Waals surface area contributed by atoms with Gasteiger partial charge in [-0.15, -0.1) is 0 Å². The number of H-pyrrole nitrogens is 1. The minimum absolute atomic E-state index is 0.00374. The third kappa shape index (κ3) is 3.60. The van der Waals surface area contributed by atoms with Crippen molar-refractivity contribution in [1.29, 1.82) is 0 Å². The Bertz CT molecular complexity index is 688. The quantitative estimate of drug-likeness (QED) is 0.855. The second-order valence-corrected chi connectivity index (χ2v) is 7.05. The maximum absolute atomic E-state index is 12.6. The van der Waals surface area contributed by atoms with Crippen LogP contribution in [-0.4, -0.2) is 44.9 Å². The molecule has 23 heavy (non-hydrogen) atoms. The molecule has 7 nitrogen and oxygen atoms in total. The summed E-state index contributed by atoms with van der Waals surface area (Å²) in [6.07, 6.45) is 1.17. The van der Waals surface area contributed by atoms with Crippen molar-refractivity contribution >= 4 is 11.9 Å². The van der Waals surface area contributed by atoms with Crippen LogP contribution in [0.15, 0.2) is 4.79 Å². The Labute approximate surface area is 134 Å². The summed E-state index contributed by atoms with van der Waals surface area (Å²) in [7, 11) is 0. The Kier molecular flexibility index (Phi) is 4.58. The summed E-state index contributed by atoms with van der Waals surface area (Å²) in [5, 5.41) is 9.13. The number of nitrogens with zero attached hydrogens (tertiary/aromatic N) is 2. The van der Waals surface area contributed by atoms with Gasteiger partial charge in [0, 0.05) is 18.5 Å². The Morgan fingerprint density at radius 2 is 2.00 bits per heavy atom. The van der Waals surface area contributed by atoms with Gasteiger partial charge in [0.05, 0.1) is 11.6 Å². The average Bonchev–Trinajstić information content (AvgIpc) is 2.45. The second kappa shape index (κ2) is 6.14. The zero-order chi connectivity index (χ0) is 17.4. The largest absolute Gasteiger partial charge is 0.481 e. The van der Waals surface area contributed by atoms with Crippen LogP contribution in [0.25, 0.3) is 0 Å². The fraction of sp³-hybridized carbons (Fsp3) is 0.625. The molecule has 0 bridgehead atoms. The van der Waals surface area contributed by atoms with Gasteiger partial charge >= 0.3 is 5.97 Å². The number of carbonyl (C=O) groups excluding carboxylic acids is 1. The Morgan fingerprint density at radius 3 is 2.52 bits per heavy atom. The van der Waals surface area contributed by atoms with E-state index in [-0.39, 0.29) is 17.5 Å². The van der Waals surface area contributed by atoms with E-state index in [1.165, 1.54) is 4.90 Å². The number of likely N-dealkylation sites (tertiary alicyclic amines) is 1. The topological polar surface area (TPSA) is 103 Å². The van der Waals surface area contributed by atoms with Crippen molar-refractivity contribution in [3.63, 3.8) is 0 Å². The van der Waals surface area contributed by atoms with Crippen LogP contribution in [0.3, 0.4) is 0 Å². The SMILES string of the molecule is Cc1nc(C(C)(C)C)[nH]c(=O)c1C(=O)N1CCCC(C(=O)O)C1. The Balaban J connectivity index is 2.33. The van der Waals surface area contributed by atoms with E-state index in [9.17, 15) is 14.4 Å². The number of amides is 1. The summed E-state index contributed by atoms with van der Waals surface area (Å²) in [4.78, 5) is 44.6. The monoisotopic (exact) mass is 321 g/mol. The van der Waals surface area contributed by atoms with Gasteiger partial charge in [0.25, 0.3) is 11.5 Å². The predicted octanol–water partition coefficient (Wildman–Crippen LogP) is 1.31. The van der Waals surface area contributed by atoms with Crippen LogP contribution in [0, 0.1) is 12.8 Å². The molecule has 7 heteroatoms. The fourth-order valence-corrected chi connectivity index (χ4v) is 2.71. The van der Waals surface area contributed by atoms with Gasteiger partial charge in [0.15, 0.2) is 0 Å². The van der Waals surface area contributed by atoms with Crippen LogP contribution in [0.4, 0.5) is 0 Å². The van der Waals surface area contributed by atoms with Crippen molar-refractivity contribution in [3.05, 3.63) is 27.4 Å². The first kappa shape index (κ1) is 17.2. The molecule has 2 rings (SSSR count). The van der Waals surface area contributed by atoms with Crippen LogP contribution in [-0.2, 0) is 10.2 Å². The molecular weight excluding hydrogens is 298 g/mol. The maximum Gasteiger partial charge on any atom is 0.308 e. The number of nitrogens with one attached hydrogen (secondary N) is 1. The first-order valence-corrected chi connectivity index (χ1v) is 7.74. The standard InChI is InChI=1S/C16H23N3O4/c1-9-11(12(20)18-15(17-9)16(2,3)4)13(21)19-7-5-6-10(8-19)14(22)23/h10H,5-8H2,1-4H3,(H,22,23)(H,17,18,20). The molecule has 2 heterocycles. The highest BCUT2D eigenvalue weighted by atomic mass is 16.4. The van der Waals surface area contributed by atoms with E-state index in [1.807, 2.05) is 20.8 Å². The lowest BCUT2D eigenvalue weighted by Gasteiger charge is -2.31. The van der Waals surface area contributed by atoms with E-state index in [4.69, 9.17) is 5.11 Å². The van der Waals surface area contributed by atoms with Crippen LogP contribution in [0.1, 0.15) is 55.5 Å².